The molecule has 0 aromatic heterocycles. The summed E-state index contributed by atoms with van der Waals surface area (Å²) < 4.78 is 12.6. The summed E-state index contributed by atoms with van der Waals surface area (Å²) in [5, 5.41) is 3.90. The fourth-order valence-corrected chi connectivity index (χ4v) is 1.03. The van der Waals surface area contributed by atoms with Crippen LogP contribution in [0.25, 0.3) is 0 Å². The van der Waals surface area contributed by atoms with Crippen LogP contribution >= 0.6 is 0 Å². The van der Waals surface area contributed by atoms with Crippen molar-refractivity contribution in [1.29, 1.82) is 0 Å². The van der Waals surface area contributed by atoms with Crippen LogP contribution in [-0.4, -0.2) is 18.9 Å². The first-order valence-electron chi connectivity index (χ1n) is 4.86. The van der Waals surface area contributed by atoms with Gasteiger partial charge in [-0.15, -0.1) is 0 Å². The van der Waals surface area contributed by atoms with Crippen LogP contribution in [0.3, 0.4) is 0 Å². The maximum absolute atomic E-state index is 12.6. The zero-order chi connectivity index (χ0) is 11.1. The number of benzene rings is 1. The average molecular weight is 210 g/mol. The molecule has 15 heavy (non-hydrogen) atoms. The van der Waals surface area contributed by atoms with Gasteiger partial charge >= 0.3 is 0 Å². The van der Waals surface area contributed by atoms with Gasteiger partial charge in [0.05, 0.1) is 5.71 Å². The molecule has 0 bridgehead atoms. The van der Waals surface area contributed by atoms with Gasteiger partial charge in [-0.3, -0.25) is 0 Å². The topological polar surface area (TPSA) is 47.6 Å². The molecule has 1 aromatic rings. The summed E-state index contributed by atoms with van der Waals surface area (Å²) in [6, 6.07) is 6.13. The molecule has 1 aromatic carbocycles. The van der Waals surface area contributed by atoms with Crippen LogP contribution in [0.4, 0.5) is 4.39 Å². The molecular weight excluding hydrogens is 195 g/mol. The monoisotopic (exact) mass is 210 g/mol. The molecule has 0 unspecified atom stereocenters. The van der Waals surface area contributed by atoms with Crippen LogP contribution in [0.5, 0.6) is 0 Å². The highest BCUT2D eigenvalue weighted by atomic mass is 19.1. The van der Waals surface area contributed by atoms with Crippen LogP contribution < -0.4 is 5.73 Å². The summed E-state index contributed by atoms with van der Waals surface area (Å²) in [6.07, 6.45) is 0.778. The molecule has 0 aliphatic rings. The zero-order valence-electron chi connectivity index (χ0n) is 8.74. The Morgan fingerprint density at radius 2 is 2.07 bits per heavy atom. The van der Waals surface area contributed by atoms with E-state index in [1.807, 2.05) is 6.92 Å². The van der Waals surface area contributed by atoms with Gasteiger partial charge in [0.15, 0.2) is 0 Å². The van der Waals surface area contributed by atoms with Crippen LogP contribution in [0.2, 0.25) is 0 Å². The van der Waals surface area contributed by atoms with E-state index in [4.69, 9.17) is 10.6 Å². The lowest BCUT2D eigenvalue weighted by Crippen LogP contribution is -2.03. The number of hydrogen-bond donors (Lipinski definition) is 1. The number of nitrogens with zero attached hydrogens (tertiary/aromatic N) is 1. The highest BCUT2D eigenvalue weighted by molar-refractivity contribution is 5.98. The molecule has 0 aliphatic heterocycles. The van der Waals surface area contributed by atoms with Crippen molar-refractivity contribution in [3.05, 3.63) is 35.6 Å². The minimum atomic E-state index is -0.254. The van der Waals surface area contributed by atoms with E-state index < -0.39 is 0 Å². The van der Waals surface area contributed by atoms with Gasteiger partial charge in [-0.2, -0.15) is 0 Å². The van der Waals surface area contributed by atoms with Crippen molar-refractivity contribution in [2.45, 2.75) is 13.3 Å². The van der Waals surface area contributed by atoms with Crippen molar-refractivity contribution in [3.8, 4) is 0 Å². The van der Waals surface area contributed by atoms with Gasteiger partial charge < -0.3 is 10.6 Å². The second kappa shape index (κ2) is 6.14. The van der Waals surface area contributed by atoms with Gasteiger partial charge in [0, 0.05) is 0 Å². The SMILES string of the molecule is CC(=NOCCCN)c1ccc(F)cc1. The summed E-state index contributed by atoms with van der Waals surface area (Å²) >= 11 is 0. The summed E-state index contributed by atoms with van der Waals surface area (Å²) in [6.45, 7) is 2.91. The number of oxime groups is 1. The molecule has 2 N–H and O–H groups in total. The van der Waals surface area contributed by atoms with Crippen molar-refractivity contribution < 1.29 is 9.23 Å². The minimum Gasteiger partial charge on any atom is -0.396 e. The molecule has 0 amide bonds. The van der Waals surface area contributed by atoms with Crippen molar-refractivity contribution >= 4 is 5.71 Å². The van der Waals surface area contributed by atoms with Crippen molar-refractivity contribution in [3.63, 3.8) is 0 Å². The van der Waals surface area contributed by atoms with Crippen LogP contribution in [0.15, 0.2) is 29.4 Å². The van der Waals surface area contributed by atoms with E-state index in [2.05, 4.69) is 5.16 Å². The van der Waals surface area contributed by atoms with E-state index in [1.54, 1.807) is 12.1 Å². The predicted octanol–water partition coefficient (Wildman–Crippen LogP) is 1.92. The number of rotatable bonds is 5. The van der Waals surface area contributed by atoms with Gasteiger partial charge in [-0.25, -0.2) is 4.39 Å². The van der Waals surface area contributed by atoms with Gasteiger partial charge in [-0.05, 0) is 37.6 Å². The molecule has 0 fully saturated rings. The molecule has 82 valence electrons. The molecular formula is C11H15FN2O. The smallest absolute Gasteiger partial charge is 0.123 e. The standard InChI is InChI=1S/C11H15FN2O/c1-9(14-15-8-2-7-13)10-3-5-11(12)6-4-10/h3-6H,2,7-8,13H2,1H3. The van der Waals surface area contributed by atoms with E-state index in [1.165, 1.54) is 12.1 Å². The molecule has 0 heterocycles. The van der Waals surface area contributed by atoms with E-state index in [0.717, 1.165) is 17.7 Å². The van der Waals surface area contributed by atoms with E-state index >= 15 is 0 Å². The van der Waals surface area contributed by atoms with Gasteiger partial charge in [-0.1, -0.05) is 17.3 Å². The zero-order valence-corrected chi connectivity index (χ0v) is 8.74. The predicted molar refractivity (Wildman–Crippen MR) is 58.2 cm³/mol. The van der Waals surface area contributed by atoms with Crippen LogP contribution in [-0.2, 0) is 4.84 Å². The van der Waals surface area contributed by atoms with Crippen LogP contribution in [0, 0.1) is 5.82 Å². The molecule has 4 heteroatoms. The summed E-state index contributed by atoms with van der Waals surface area (Å²) in [5.41, 5.74) is 6.88. The Kier molecular flexibility index (Phi) is 4.77. The first kappa shape index (κ1) is 11.7. The van der Waals surface area contributed by atoms with E-state index in [0.29, 0.717) is 13.2 Å². The molecule has 1 rings (SSSR count). The Morgan fingerprint density at radius 3 is 2.67 bits per heavy atom. The molecule has 3 nitrogen and oxygen atoms in total. The van der Waals surface area contributed by atoms with Crippen molar-refractivity contribution in [2.75, 3.05) is 13.2 Å². The van der Waals surface area contributed by atoms with E-state index in [9.17, 15) is 4.39 Å². The lowest BCUT2D eigenvalue weighted by atomic mass is 10.1. The average Bonchev–Trinajstić information content (AvgIpc) is 2.25. The first-order valence-corrected chi connectivity index (χ1v) is 4.86. The van der Waals surface area contributed by atoms with Crippen molar-refractivity contribution in [1.82, 2.24) is 0 Å². The Morgan fingerprint density at radius 1 is 1.40 bits per heavy atom. The summed E-state index contributed by atoms with van der Waals surface area (Å²) in [4.78, 5) is 5.03. The number of halogens is 1. The Balaban J connectivity index is 2.52. The Labute approximate surface area is 88.7 Å². The quantitative estimate of drug-likeness (QED) is 0.458. The van der Waals surface area contributed by atoms with Gasteiger partial charge in [0.25, 0.3) is 0 Å². The van der Waals surface area contributed by atoms with Crippen LogP contribution in [0.1, 0.15) is 18.9 Å². The maximum atomic E-state index is 12.6. The Hall–Kier alpha value is -1.42. The Bertz CT molecular complexity index is 322. The largest absolute Gasteiger partial charge is 0.396 e. The van der Waals surface area contributed by atoms with Crippen molar-refractivity contribution in [2.24, 2.45) is 10.9 Å². The lowest BCUT2D eigenvalue weighted by molar-refractivity contribution is 0.143. The normalized spacial score (nSPS) is 11.5. The second-order valence-electron chi connectivity index (χ2n) is 3.16. The lowest BCUT2D eigenvalue weighted by Gasteiger charge is -2.01. The molecule has 0 saturated carbocycles. The fraction of sp³-hybridized carbons (Fsp3) is 0.364. The first-order chi connectivity index (χ1) is 7.24. The molecule has 0 aliphatic carbocycles. The number of nitrogens with two attached hydrogens (primary N) is 1. The molecule has 0 radical (unpaired) electrons. The highest BCUT2D eigenvalue weighted by Crippen LogP contribution is 2.04. The maximum Gasteiger partial charge on any atom is 0.123 e. The molecule has 0 spiro atoms. The molecule has 0 atom stereocenters. The number of hydrogen-bond acceptors (Lipinski definition) is 3. The highest BCUT2D eigenvalue weighted by Gasteiger charge is 1.97. The van der Waals surface area contributed by atoms with Gasteiger partial charge in [0.2, 0.25) is 0 Å². The third-order valence-electron chi connectivity index (χ3n) is 1.90. The summed E-state index contributed by atoms with van der Waals surface area (Å²) in [5.74, 6) is -0.254. The third kappa shape index (κ3) is 4.08. The summed E-state index contributed by atoms with van der Waals surface area (Å²) in [7, 11) is 0. The fourth-order valence-electron chi connectivity index (χ4n) is 1.03. The van der Waals surface area contributed by atoms with E-state index in [-0.39, 0.29) is 5.82 Å². The van der Waals surface area contributed by atoms with Gasteiger partial charge in [0.1, 0.15) is 12.4 Å². The second-order valence-corrected chi connectivity index (χ2v) is 3.16. The third-order valence-corrected chi connectivity index (χ3v) is 1.90. The molecule has 0 saturated heterocycles. The minimum absolute atomic E-state index is 0.254.